The SMILES string of the molecule is C=C1C[C@]23CC[C@H]4C(C)(C(=O)O)C(OC(=O)C=Cc5ccccc5)CC[C@]4(C)[C@H]2CC[C@@H]1C3. The molecule has 0 aliphatic heterocycles. The zero-order valence-corrected chi connectivity index (χ0v) is 19.9. The molecule has 4 fully saturated rings. The second kappa shape index (κ2) is 7.85. The highest BCUT2D eigenvalue weighted by Gasteiger charge is 2.67. The van der Waals surface area contributed by atoms with Gasteiger partial charge in [-0.25, -0.2) is 4.79 Å². The van der Waals surface area contributed by atoms with E-state index in [1.54, 1.807) is 6.08 Å². The number of carboxylic acid groups (broad SMARTS) is 1. The quantitative estimate of drug-likeness (QED) is 0.335. The Balaban J connectivity index is 1.39. The van der Waals surface area contributed by atoms with E-state index in [-0.39, 0.29) is 11.3 Å². The van der Waals surface area contributed by atoms with Crippen molar-refractivity contribution in [2.24, 2.45) is 34.0 Å². The van der Waals surface area contributed by atoms with Crippen LogP contribution in [0.25, 0.3) is 6.08 Å². The number of ether oxygens (including phenoxy) is 1. The molecule has 0 saturated heterocycles. The van der Waals surface area contributed by atoms with Gasteiger partial charge in [0.05, 0.1) is 0 Å². The molecule has 1 aromatic rings. The first-order chi connectivity index (χ1) is 15.7. The normalized spacial score (nSPS) is 41.9. The van der Waals surface area contributed by atoms with Gasteiger partial charge in [0.25, 0.3) is 0 Å². The van der Waals surface area contributed by atoms with E-state index in [9.17, 15) is 14.7 Å². The predicted molar refractivity (Wildman–Crippen MR) is 128 cm³/mol. The van der Waals surface area contributed by atoms with Crippen molar-refractivity contribution in [3.05, 3.63) is 54.1 Å². The fourth-order valence-corrected chi connectivity index (χ4v) is 8.62. The number of esters is 1. The molecule has 1 spiro atoms. The summed E-state index contributed by atoms with van der Waals surface area (Å²) in [5, 5.41) is 10.5. The van der Waals surface area contributed by atoms with Crippen LogP contribution in [0.5, 0.6) is 0 Å². The molecule has 176 valence electrons. The number of hydrogen-bond acceptors (Lipinski definition) is 3. The van der Waals surface area contributed by atoms with Crippen molar-refractivity contribution in [3.8, 4) is 0 Å². The molecule has 0 heterocycles. The second-order valence-electron chi connectivity index (χ2n) is 11.6. The van der Waals surface area contributed by atoms with Crippen molar-refractivity contribution < 1.29 is 19.4 Å². The molecule has 2 bridgehead atoms. The minimum Gasteiger partial charge on any atom is -0.481 e. The molecule has 0 radical (unpaired) electrons. The Morgan fingerprint density at radius 3 is 2.55 bits per heavy atom. The number of carboxylic acids is 1. The van der Waals surface area contributed by atoms with Crippen molar-refractivity contribution in [1.29, 1.82) is 0 Å². The number of fused-ring (bicyclic) bond motifs is 3. The van der Waals surface area contributed by atoms with Crippen LogP contribution in [0.2, 0.25) is 0 Å². The molecular weight excluding hydrogens is 412 g/mol. The lowest BCUT2D eigenvalue weighted by atomic mass is 9.40. The van der Waals surface area contributed by atoms with Gasteiger partial charge in [0.15, 0.2) is 0 Å². The minimum atomic E-state index is -1.07. The molecule has 4 saturated carbocycles. The van der Waals surface area contributed by atoms with Gasteiger partial charge in [-0.15, -0.1) is 0 Å². The maximum Gasteiger partial charge on any atom is 0.331 e. The Kier molecular flexibility index (Phi) is 5.34. The molecule has 33 heavy (non-hydrogen) atoms. The van der Waals surface area contributed by atoms with E-state index in [2.05, 4.69) is 13.5 Å². The van der Waals surface area contributed by atoms with Crippen molar-refractivity contribution in [2.45, 2.75) is 71.3 Å². The summed E-state index contributed by atoms with van der Waals surface area (Å²) in [5.41, 5.74) is 1.54. The Hall–Kier alpha value is -2.36. The van der Waals surface area contributed by atoms with Gasteiger partial charge in [0.1, 0.15) is 11.5 Å². The number of rotatable bonds is 4. The fraction of sp³-hybridized carbons (Fsp3) is 0.586. The summed E-state index contributed by atoms with van der Waals surface area (Å²) >= 11 is 0. The molecule has 7 atom stereocenters. The zero-order valence-electron chi connectivity index (χ0n) is 19.9. The molecule has 1 N–H and O–H groups in total. The van der Waals surface area contributed by atoms with Gasteiger partial charge in [-0.2, -0.15) is 0 Å². The van der Waals surface area contributed by atoms with Crippen molar-refractivity contribution in [3.63, 3.8) is 0 Å². The maximum atomic E-state index is 12.8. The third-order valence-electron chi connectivity index (χ3n) is 10.1. The van der Waals surface area contributed by atoms with E-state index in [1.165, 1.54) is 30.9 Å². The van der Waals surface area contributed by atoms with E-state index >= 15 is 0 Å². The van der Waals surface area contributed by atoms with Crippen molar-refractivity contribution in [2.75, 3.05) is 0 Å². The highest BCUT2D eigenvalue weighted by atomic mass is 16.5. The number of benzene rings is 1. The number of carbonyl (C=O) groups is 2. The first-order valence-electron chi connectivity index (χ1n) is 12.5. The lowest BCUT2D eigenvalue weighted by molar-refractivity contribution is -0.211. The number of allylic oxidation sites excluding steroid dienone is 1. The summed E-state index contributed by atoms with van der Waals surface area (Å²) in [5.74, 6) is -0.0785. The number of carbonyl (C=O) groups excluding carboxylic acids is 1. The van der Waals surface area contributed by atoms with E-state index in [0.717, 1.165) is 31.2 Å². The van der Waals surface area contributed by atoms with Gasteiger partial charge in [0, 0.05) is 6.08 Å². The van der Waals surface area contributed by atoms with Gasteiger partial charge >= 0.3 is 11.9 Å². The Morgan fingerprint density at radius 2 is 1.82 bits per heavy atom. The zero-order chi connectivity index (χ0) is 23.4. The molecule has 5 rings (SSSR count). The average molecular weight is 449 g/mol. The maximum absolute atomic E-state index is 12.8. The van der Waals surface area contributed by atoms with Crippen LogP contribution in [0.3, 0.4) is 0 Å². The predicted octanol–water partition coefficient (Wildman–Crippen LogP) is 6.28. The summed E-state index contributed by atoms with van der Waals surface area (Å²) in [6, 6.07) is 9.59. The Labute approximate surface area is 197 Å². The molecule has 4 heteroatoms. The van der Waals surface area contributed by atoms with Crippen LogP contribution in [-0.2, 0) is 14.3 Å². The summed E-state index contributed by atoms with van der Waals surface area (Å²) in [6.07, 6.45) is 10.8. The molecule has 0 amide bonds. The minimum absolute atomic E-state index is 0.00759. The Bertz CT molecular complexity index is 996. The largest absolute Gasteiger partial charge is 0.481 e. The third-order valence-corrected chi connectivity index (χ3v) is 10.1. The highest BCUT2D eigenvalue weighted by molar-refractivity contribution is 5.87. The van der Waals surface area contributed by atoms with Crippen LogP contribution in [-0.4, -0.2) is 23.1 Å². The molecular formula is C29H36O4. The van der Waals surface area contributed by atoms with Gasteiger partial charge in [-0.3, -0.25) is 4.79 Å². The number of hydrogen-bond donors (Lipinski definition) is 1. The van der Waals surface area contributed by atoms with Crippen molar-refractivity contribution in [1.82, 2.24) is 0 Å². The summed E-state index contributed by atoms with van der Waals surface area (Å²) in [4.78, 5) is 25.5. The van der Waals surface area contributed by atoms with E-state index in [0.29, 0.717) is 23.7 Å². The third kappa shape index (κ3) is 3.40. The highest BCUT2D eigenvalue weighted by Crippen LogP contribution is 2.72. The number of aliphatic carboxylic acids is 1. The molecule has 2 unspecified atom stereocenters. The average Bonchev–Trinajstić information content (AvgIpc) is 3.02. The van der Waals surface area contributed by atoms with Gasteiger partial charge in [0.2, 0.25) is 0 Å². The Morgan fingerprint density at radius 1 is 1.06 bits per heavy atom. The molecule has 0 aromatic heterocycles. The van der Waals surface area contributed by atoms with E-state index in [1.807, 2.05) is 37.3 Å². The summed E-state index contributed by atoms with van der Waals surface area (Å²) < 4.78 is 5.88. The lowest BCUT2D eigenvalue weighted by Gasteiger charge is -2.64. The summed E-state index contributed by atoms with van der Waals surface area (Å²) in [7, 11) is 0. The van der Waals surface area contributed by atoms with Crippen LogP contribution < -0.4 is 0 Å². The van der Waals surface area contributed by atoms with Gasteiger partial charge in [-0.05, 0) is 98.5 Å². The molecule has 4 aliphatic rings. The van der Waals surface area contributed by atoms with Crippen molar-refractivity contribution >= 4 is 18.0 Å². The lowest BCUT2D eigenvalue weighted by Crippen LogP contribution is -2.63. The van der Waals surface area contributed by atoms with Gasteiger partial charge < -0.3 is 9.84 Å². The standard InChI is InChI=1S/C29H36O4/c1-19-17-29-16-13-22-27(2,23(29)11-10-21(19)18-29)15-14-24(28(22,3)26(31)32)33-25(30)12-9-20-7-5-4-6-8-20/h4-9,12,21-24H,1,10-11,13-18H2,2-3H3,(H,31,32)/t21-,22-,23-,24?,27+,28?,29+/m1/s1. The fourth-order valence-electron chi connectivity index (χ4n) is 8.62. The topological polar surface area (TPSA) is 63.6 Å². The molecule has 4 aliphatic carbocycles. The first kappa shape index (κ1) is 22.4. The van der Waals surface area contributed by atoms with Crippen LogP contribution in [0.4, 0.5) is 0 Å². The van der Waals surface area contributed by atoms with E-state index in [4.69, 9.17) is 4.74 Å². The molecule has 1 aromatic carbocycles. The smallest absolute Gasteiger partial charge is 0.331 e. The molecule has 4 nitrogen and oxygen atoms in total. The van der Waals surface area contributed by atoms with Crippen LogP contribution in [0.15, 0.2) is 48.6 Å². The first-order valence-corrected chi connectivity index (χ1v) is 12.5. The van der Waals surface area contributed by atoms with Crippen LogP contribution in [0.1, 0.15) is 70.8 Å². The monoisotopic (exact) mass is 448 g/mol. The van der Waals surface area contributed by atoms with E-state index < -0.39 is 23.5 Å². The van der Waals surface area contributed by atoms with Crippen LogP contribution in [0, 0.1) is 34.0 Å². The van der Waals surface area contributed by atoms with Gasteiger partial charge in [-0.1, -0.05) is 49.4 Å². The van der Waals surface area contributed by atoms with Crippen LogP contribution >= 0.6 is 0 Å². The summed E-state index contributed by atoms with van der Waals surface area (Å²) in [6.45, 7) is 8.58. The second-order valence-corrected chi connectivity index (χ2v) is 11.6.